The minimum Gasteiger partial charge on any atom is -0.349 e. The van der Waals surface area contributed by atoms with Crippen molar-refractivity contribution in [2.24, 2.45) is 5.92 Å². The normalized spacial score (nSPS) is 20.5. The van der Waals surface area contributed by atoms with Crippen molar-refractivity contribution in [2.75, 3.05) is 27.2 Å². The third-order valence-electron chi connectivity index (χ3n) is 3.66. The molecule has 1 amide bonds. The number of aromatic nitrogens is 1. The van der Waals surface area contributed by atoms with Gasteiger partial charge in [-0.25, -0.2) is 4.98 Å². The Morgan fingerprint density at radius 1 is 1.47 bits per heavy atom. The molecule has 1 saturated heterocycles. The van der Waals surface area contributed by atoms with E-state index in [0.29, 0.717) is 0 Å². The molecule has 0 saturated carbocycles. The molecule has 1 fully saturated rings. The highest BCUT2D eigenvalue weighted by molar-refractivity contribution is 7.11. The Balaban J connectivity index is 1.98. The third kappa shape index (κ3) is 3.54. The number of amides is 1. The van der Waals surface area contributed by atoms with Crippen molar-refractivity contribution in [3.8, 4) is 0 Å². The molecule has 0 bridgehead atoms. The minimum atomic E-state index is 0.165. The Morgan fingerprint density at radius 3 is 2.79 bits per heavy atom. The Morgan fingerprint density at radius 2 is 2.21 bits per heavy atom. The van der Waals surface area contributed by atoms with Gasteiger partial charge in [-0.3, -0.25) is 9.69 Å². The summed E-state index contributed by atoms with van der Waals surface area (Å²) >= 11 is 1.78. The fourth-order valence-electron chi connectivity index (χ4n) is 2.69. The number of nitrogens with zero attached hydrogens (tertiary/aromatic N) is 3. The Bertz CT molecular complexity index is 456. The molecular weight excluding hydrogens is 258 g/mol. The van der Waals surface area contributed by atoms with Crippen LogP contribution in [0.15, 0.2) is 0 Å². The molecule has 1 aromatic rings. The molecule has 2 rings (SSSR count). The van der Waals surface area contributed by atoms with Crippen LogP contribution in [0.1, 0.15) is 28.4 Å². The smallest absolute Gasteiger partial charge is 0.226 e. The van der Waals surface area contributed by atoms with Crippen LogP contribution in [0.5, 0.6) is 0 Å². The van der Waals surface area contributed by atoms with Crippen LogP contribution < -0.4 is 0 Å². The molecular formula is C14H23N3OS. The summed E-state index contributed by atoms with van der Waals surface area (Å²) in [7, 11) is 3.69. The van der Waals surface area contributed by atoms with Crippen LogP contribution in [0.4, 0.5) is 0 Å². The molecule has 1 aliphatic rings. The highest BCUT2D eigenvalue weighted by Crippen LogP contribution is 2.24. The zero-order valence-electron chi connectivity index (χ0n) is 12.3. The minimum absolute atomic E-state index is 0.165. The fourth-order valence-corrected chi connectivity index (χ4v) is 3.67. The van der Waals surface area contributed by atoms with Gasteiger partial charge in [0.15, 0.2) is 0 Å². The summed E-state index contributed by atoms with van der Waals surface area (Å²) in [4.78, 5) is 22.0. The second-order valence-corrected chi connectivity index (χ2v) is 6.84. The van der Waals surface area contributed by atoms with Crippen LogP contribution in [0.25, 0.3) is 0 Å². The molecule has 5 heteroatoms. The molecule has 1 unspecified atom stereocenters. The summed E-state index contributed by atoms with van der Waals surface area (Å²) in [6.45, 7) is 7.04. The van der Waals surface area contributed by atoms with Crippen molar-refractivity contribution < 1.29 is 4.79 Å². The maximum Gasteiger partial charge on any atom is 0.226 e. The lowest BCUT2D eigenvalue weighted by molar-refractivity contribution is -0.134. The van der Waals surface area contributed by atoms with Crippen LogP contribution in [-0.2, 0) is 11.3 Å². The lowest BCUT2D eigenvalue weighted by atomic mass is 9.96. The predicted octanol–water partition coefficient (Wildman–Crippen LogP) is 2.06. The zero-order valence-corrected chi connectivity index (χ0v) is 13.1. The van der Waals surface area contributed by atoms with E-state index in [-0.39, 0.29) is 11.8 Å². The van der Waals surface area contributed by atoms with E-state index >= 15 is 0 Å². The van der Waals surface area contributed by atoms with E-state index in [2.05, 4.69) is 23.7 Å². The number of hydrogen-bond donors (Lipinski definition) is 0. The number of carbonyl (C=O) groups is 1. The van der Waals surface area contributed by atoms with E-state index in [1.807, 2.05) is 14.1 Å². The van der Waals surface area contributed by atoms with Gasteiger partial charge in [-0.1, -0.05) is 0 Å². The van der Waals surface area contributed by atoms with Gasteiger partial charge in [0.25, 0.3) is 0 Å². The summed E-state index contributed by atoms with van der Waals surface area (Å²) in [5.41, 5.74) is 1.14. The topological polar surface area (TPSA) is 36.4 Å². The summed E-state index contributed by atoms with van der Waals surface area (Å²) in [6.07, 6.45) is 2.13. The average Bonchev–Trinajstić information content (AvgIpc) is 2.67. The first-order chi connectivity index (χ1) is 8.97. The second kappa shape index (κ2) is 6.01. The van der Waals surface area contributed by atoms with Crippen molar-refractivity contribution in [2.45, 2.75) is 33.2 Å². The molecule has 4 nitrogen and oxygen atoms in total. The van der Waals surface area contributed by atoms with E-state index in [1.165, 1.54) is 4.88 Å². The third-order valence-corrected chi connectivity index (χ3v) is 4.72. The number of hydrogen-bond acceptors (Lipinski definition) is 4. The average molecular weight is 281 g/mol. The van der Waals surface area contributed by atoms with Gasteiger partial charge in [-0.05, 0) is 33.2 Å². The number of thiazole rings is 1. The van der Waals surface area contributed by atoms with Gasteiger partial charge in [0.1, 0.15) is 0 Å². The number of aryl methyl sites for hydroxylation is 2. The number of carbonyl (C=O) groups excluding carboxylic acids is 1. The molecule has 0 aromatic carbocycles. The second-order valence-electron chi connectivity index (χ2n) is 5.55. The van der Waals surface area contributed by atoms with Crippen molar-refractivity contribution in [3.05, 3.63) is 15.6 Å². The molecule has 0 N–H and O–H groups in total. The molecule has 1 aliphatic heterocycles. The predicted molar refractivity (Wildman–Crippen MR) is 78.3 cm³/mol. The monoisotopic (exact) mass is 281 g/mol. The van der Waals surface area contributed by atoms with Gasteiger partial charge in [0.05, 0.1) is 16.6 Å². The lowest BCUT2D eigenvalue weighted by Crippen LogP contribution is -2.42. The van der Waals surface area contributed by atoms with Gasteiger partial charge in [0, 0.05) is 32.1 Å². The van der Waals surface area contributed by atoms with Gasteiger partial charge >= 0.3 is 0 Å². The molecule has 106 valence electrons. The molecule has 1 atom stereocenters. The van der Waals surface area contributed by atoms with Gasteiger partial charge in [0.2, 0.25) is 5.91 Å². The molecule has 0 radical (unpaired) electrons. The summed E-state index contributed by atoms with van der Waals surface area (Å²) < 4.78 is 0. The molecule has 0 spiro atoms. The highest BCUT2D eigenvalue weighted by Gasteiger charge is 2.27. The van der Waals surface area contributed by atoms with Crippen LogP contribution in [0.2, 0.25) is 0 Å². The Hall–Kier alpha value is -0.940. The standard InChI is InChI=1S/C14H23N3OS/c1-10-13(19-11(2)15-10)9-17-7-5-6-12(8-17)14(18)16(3)4/h12H,5-9H2,1-4H3. The van der Waals surface area contributed by atoms with E-state index < -0.39 is 0 Å². The van der Waals surface area contributed by atoms with E-state index in [1.54, 1.807) is 16.2 Å². The summed E-state index contributed by atoms with van der Waals surface area (Å²) in [6, 6.07) is 0. The first kappa shape index (κ1) is 14.5. The maximum atomic E-state index is 12.1. The van der Waals surface area contributed by atoms with E-state index in [9.17, 15) is 4.79 Å². The molecule has 0 aliphatic carbocycles. The Labute approximate surface area is 119 Å². The van der Waals surface area contributed by atoms with Crippen LogP contribution in [0, 0.1) is 19.8 Å². The van der Waals surface area contributed by atoms with E-state index in [0.717, 1.165) is 43.2 Å². The van der Waals surface area contributed by atoms with Crippen molar-refractivity contribution in [1.82, 2.24) is 14.8 Å². The van der Waals surface area contributed by atoms with Gasteiger partial charge in [-0.15, -0.1) is 11.3 Å². The quantitative estimate of drug-likeness (QED) is 0.851. The SMILES string of the molecule is Cc1nc(C)c(CN2CCCC(C(=O)N(C)C)C2)s1. The largest absolute Gasteiger partial charge is 0.349 e. The first-order valence-corrected chi connectivity index (χ1v) is 7.65. The summed E-state index contributed by atoms with van der Waals surface area (Å²) in [5.74, 6) is 0.431. The molecule has 2 heterocycles. The number of likely N-dealkylation sites (tertiary alicyclic amines) is 1. The molecule has 1 aromatic heterocycles. The Kier molecular flexibility index (Phi) is 4.58. The van der Waals surface area contributed by atoms with Crippen LogP contribution in [-0.4, -0.2) is 47.9 Å². The number of rotatable bonds is 3. The highest BCUT2D eigenvalue weighted by atomic mass is 32.1. The van der Waals surface area contributed by atoms with Crippen LogP contribution in [0.3, 0.4) is 0 Å². The van der Waals surface area contributed by atoms with Gasteiger partial charge in [-0.2, -0.15) is 0 Å². The lowest BCUT2D eigenvalue weighted by Gasteiger charge is -2.32. The van der Waals surface area contributed by atoms with Crippen LogP contribution >= 0.6 is 11.3 Å². The zero-order chi connectivity index (χ0) is 14.0. The van der Waals surface area contributed by atoms with Gasteiger partial charge < -0.3 is 4.90 Å². The van der Waals surface area contributed by atoms with Crippen molar-refractivity contribution >= 4 is 17.2 Å². The maximum absolute atomic E-state index is 12.1. The van der Waals surface area contributed by atoms with Crippen molar-refractivity contribution in [3.63, 3.8) is 0 Å². The fraction of sp³-hybridized carbons (Fsp3) is 0.714. The number of piperidine rings is 1. The molecule has 19 heavy (non-hydrogen) atoms. The van der Waals surface area contributed by atoms with Crippen molar-refractivity contribution in [1.29, 1.82) is 0 Å². The summed E-state index contributed by atoms with van der Waals surface area (Å²) in [5, 5.41) is 1.13. The van der Waals surface area contributed by atoms with E-state index in [4.69, 9.17) is 0 Å². The first-order valence-electron chi connectivity index (χ1n) is 6.84.